The highest BCUT2D eigenvalue weighted by molar-refractivity contribution is 6.08. The van der Waals surface area contributed by atoms with E-state index in [2.05, 4.69) is 10.2 Å². The maximum absolute atomic E-state index is 12.9. The summed E-state index contributed by atoms with van der Waals surface area (Å²) in [5.74, 6) is 0.611. The lowest BCUT2D eigenvalue weighted by atomic mass is 10.0. The highest BCUT2D eigenvalue weighted by Crippen LogP contribution is 2.35. The summed E-state index contributed by atoms with van der Waals surface area (Å²) < 4.78 is 5.84. The van der Waals surface area contributed by atoms with Gasteiger partial charge in [-0.1, -0.05) is 30.3 Å². The van der Waals surface area contributed by atoms with Crippen molar-refractivity contribution in [3.8, 4) is 5.75 Å². The van der Waals surface area contributed by atoms with Crippen molar-refractivity contribution in [3.63, 3.8) is 0 Å². The van der Waals surface area contributed by atoms with Crippen molar-refractivity contribution in [2.75, 3.05) is 13.1 Å². The lowest BCUT2D eigenvalue weighted by Crippen LogP contribution is -2.24. The number of phenolic OH excluding ortho intramolecular Hbond substituents is 1. The topological polar surface area (TPSA) is 65.7 Å². The van der Waals surface area contributed by atoms with Crippen LogP contribution in [0.1, 0.15) is 40.1 Å². The molecule has 4 rings (SSSR count). The van der Waals surface area contributed by atoms with Crippen molar-refractivity contribution < 1.29 is 14.3 Å². The molecule has 0 unspecified atom stereocenters. The van der Waals surface area contributed by atoms with Crippen molar-refractivity contribution in [2.24, 2.45) is 0 Å². The van der Waals surface area contributed by atoms with E-state index in [0.29, 0.717) is 30.0 Å². The number of aromatic hydroxyl groups is 1. The minimum Gasteiger partial charge on any atom is -0.508 e. The van der Waals surface area contributed by atoms with Crippen LogP contribution in [-0.2, 0) is 13.1 Å². The molecule has 0 atom stereocenters. The fourth-order valence-electron chi connectivity index (χ4n) is 3.83. The van der Waals surface area contributed by atoms with Gasteiger partial charge in [0.1, 0.15) is 17.1 Å². The Labute approximate surface area is 158 Å². The van der Waals surface area contributed by atoms with E-state index in [4.69, 9.17) is 4.42 Å². The van der Waals surface area contributed by atoms with Crippen LogP contribution in [0.3, 0.4) is 0 Å². The second-order valence-electron chi connectivity index (χ2n) is 7.12. The Morgan fingerprint density at radius 2 is 1.89 bits per heavy atom. The number of amides is 1. The summed E-state index contributed by atoms with van der Waals surface area (Å²) >= 11 is 0. The molecule has 5 heteroatoms. The number of nitrogens with zero attached hydrogens (tertiary/aromatic N) is 1. The van der Waals surface area contributed by atoms with Crippen LogP contribution < -0.4 is 5.32 Å². The molecule has 0 spiro atoms. The maximum Gasteiger partial charge on any atom is 0.255 e. The third-order valence-corrected chi connectivity index (χ3v) is 5.22. The van der Waals surface area contributed by atoms with Crippen LogP contribution in [0.5, 0.6) is 5.75 Å². The lowest BCUT2D eigenvalue weighted by Gasteiger charge is -2.16. The Morgan fingerprint density at radius 3 is 2.63 bits per heavy atom. The number of phenols is 1. The molecule has 2 aromatic carbocycles. The van der Waals surface area contributed by atoms with E-state index in [9.17, 15) is 9.90 Å². The molecule has 1 aliphatic rings. The van der Waals surface area contributed by atoms with Crippen LogP contribution in [0, 0.1) is 6.92 Å². The molecule has 2 heterocycles. The number of rotatable bonds is 5. The third kappa shape index (κ3) is 3.55. The predicted molar refractivity (Wildman–Crippen MR) is 105 cm³/mol. The number of hydrogen-bond donors (Lipinski definition) is 2. The minimum atomic E-state index is -0.177. The number of carbonyl (C=O) groups excluding carboxylic acids is 1. The molecule has 1 aromatic heterocycles. The largest absolute Gasteiger partial charge is 0.508 e. The molecule has 1 amide bonds. The zero-order valence-corrected chi connectivity index (χ0v) is 15.5. The van der Waals surface area contributed by atoms with Crippen molar-refractivity contribution >= 4 is 16.9 Å². The Kier molecular flexibility index (Phi) is 4.86. The molecule has 1 saturated heterocycles. The lowest BCUT2D eigenvalue weighted by molar-refractivity contribution is 0.0950. The number of hydrogen-bond acceptors (Lipinski definition) is 4. The smallest absolute Gasteiger partial charge is 0.255 e. The Bertz CT molecular complexity index is 957. The van der Waals surface area contributed by atoms with E-state index in [-0.39, 0.29) is 11.7 Å². The van der Waals surface area contributed by atoms with Gasteiger partial charge < -0.3 is 14.8 Å². The summed E-state index contributed by atoms with van der Waals surface area (Å²) in [5, 5.41) is 14.2. The number of likely N-dealkylation sites (tertiary alicyclic amines) is 1. The SMILES string of the molecule is Cc1oc2ccc(O)c(CN3CCCC3)c2c1C(=O)NCc1ccccc1. The van der Waals surface area contributed by atoms with Gasteiger partial charge in [0.15, 0.2) is 0 Å². The molecule has 3 aromatic rings. The van der Waals surface area contributed by atoms with Crippen molar-refractivity contribution in [1.82, 2.24) is 10.2 Å². The van der Waals surface area contributed by atoms with Gasteiger partial charge in [-0.3, -0.25) is 9.69 Å². The first-order valence-electron chi connectivity index (χ1n) is 9.42. The van der Waals surface area contributed by atoms with Gasteiger partial charge in [-0.15, -0.1) is 0 Å². The molecule has 0 saturated carbocycles. The average molecular weight is 364 g/mol. The number of benzene rings is 2. The van der Waals surface area contributed by atoms with Crippen molar-refractivity contribution in [3.05, 3.63) is 64.9 Å². The van der Waals surface area contributed by atoms with Gasteiger partial charge in [0.05, 0.1) is 5.56 Å². The number of aryl methyl sites for hydroxylation is 1. The van der Waals surface area contributed by atoms with E-state index in [1.165, 1.54) is 12.8 Å². The minimum absolute atomic E-state index is 0.177. The summed E-state index contributed by atoms with van der Waals surface area (Å²) in [6.07, 6.45) is 2.34. The molecule has 0 bridgehead atoms. The van der Waals surface area contributed by atoms with E-state index in [0.717, 1.165) is 29.6 Å². The van der Waals surface area contributed by atoms with Gasteiger partial charge in [-0.2, -0.15) is 0 Å². The van der Waals surface area contributed by atoms with E-state index >= 15 is 0 Å². The zero-order valence-electron chi connectivity index (χ0n) is 15.5. The molecular formula is C22H24N2O3. The number of carbonyl (C=O) groups is 1. The summed E-state index contributed by atoms with van der Waals surface area (Å²) in [6.45, 7) is 4.91. The molecular weight excluding hydrogens is 340 g/mol. The summed E-state index contributed by atoms with van der Waals surface area (Å²) in [4.78, 5) is 15.3. The monoisotopic (exact) mass is 364 g/mol. The fraction of sp³-hybridized carbons (Fsp3) is 0.318. The Morgan fingerprint density at radius 1 is 1.15 bits per heavy atom. The predicted octanol–water partition coefficient (Wildman–Crippen LogP) is 3.97. The zero-order chi connectivity index (χ0) is 18.8. The standard InChI is InChI=1S/C22H24N2O3/c1-15-20(22(26)23-13-16-7-3-2-4-8-16)21-17(14-24-11-5-6-12-24)18(25)9-10-19(21)27-15/h2-4,7-10,25H,5-6,11-14H2,1H3,(H,23,26). The maximum atomic E-state index is 12.9. The van der Waals surface area contributed by atoms with Crippen molar-refractivity contribution in [1.29, 1.82) is 0 Å². The van der Waals surface area contributed by atoms with Gasteiger partial charge in [0, 0.05) is 24.0 Å². The van der Waals surface area contributed by atoms with Gasteiger partial charge in [-0.25, -0.2) is 0 Å². The van der Waals surface area contributed by atoms with E-state index < -0.39 is 0 Å². The first kappa shape index (κ1) is 17.6. The molecule has 1 fully saturated rings. The molecule has 140 valence electrons. The van der Waals surface area contributed by atoms with Crippen LogP contribution in [-0.4, -0.2) is 29.0 Å². The number of nitrogens with one attached hydrogen (secondary N) is 1. The molecule has 5 nitrogen and oxygen atoms in total. The first-order chi connectivity index (χ1) is 13.1. The highest BCUT2D eigenvalue weighted by atomic mass is 16.3. The summed E-state index contributed by atoms with van der Waals surface area (Å²) in [7, 11) is 0. The van der Waals surface area contributed by atoms with Gasteiger partial charge in [-0.05, 0) is 50.6 Å². The fourth-order valence-corrected chi connectivity index (χ4v) is 3.83. The van der Waals surface area contributed by atoms with E-state index in [1.807, 2.05) is 30.3 Å². The average Bonchev–Trinajstić information content (AvgIpc) is 3.30. The molecule has 0 aliphatic carbocycles. The van der Waals surface area contributed by atoms with Crippen LogP contribution >= 0.6 is 0 Å². The Hall–Kier alpha value is -2.79. The van der Waals surface area contributed by atoms with Crippen LogP contribution in [0.25, 0.3) is 11.0 Å². The molecule has 2 N–H and O–H groups in total. The van der Waals surface area contributed by atoms with Crippen LogP contribution in [0.2, 0.25) is 0 Å². The second kappa shape index (κ2) is 7.45. The molecule has 0 radical (unpaired) electrons. The van der Waals surface area contributed by atoms with Crippen LogP contribution in [0.15, 0.2) is 46.9 Å². The number of fused-ring (bicyclic) bond motifs is 1. The molecule has 1 aliphatic heterocycles. The van der Waals surface area contributed by atoms with E-state index in [1.54, 1.807) is 19.1 Å². The van der Waals surface area contributed by atoms with Gasteiger partial charge >= 0.3 is 0 Å². The number of furan rings is 1. The summed E-state index contributed by atoms with van der Waals surface area (Å²) in [6, 6.07) is 13.2. The quantitative estimate of drug-likeness (QED) is 0.719. The Balaban J connectivity index is 1.67. The normalized spacial score (nSPS) is 14.7. The van der Waals surface area contributed by atoms with Crippen molar-refractivity contribution in [2.45, 2.75) is 32.9 Å². The summed E-state index contributed by atoms with van der Waals surface area (Å²) in [5.41, 5.74) is 2.97. The second-order valence-corrected chi connectivity index (χ2v) is 7.12. The third-order valence-electron chi connectivity index (χ3n) is 5.22. The molecule has 27 heavy (non-hydrogen) atoms. The first-order valence-corrected chi connectivity index (χ1v) is 9.42. The van der Waals surface area contributed by atoms with Gasteiger partial charge in [0.25, 0.3) is 5.91 Å². The van der Waals surface area contributed by atoms with Crippen LogP contribution in [0.4, 0.5) is 0 Å². The highest BCUT2D eigenvalue weighted by Gasteiger charge is 2.24. The van der Waals surface area contributed by atoms with Gasteiger partial charge in [0.2, 0.25) is 0 Å².